The molecule has 9 N–H and O–H groups in total. The van der Waals surface area contributed by atoms with E-state index in [1.165, 1.54) is 20.0 Å². The Kier molecular flexibility index (Phi) is 7.99. The van der Waals surface area contributed by atoms with Crippen molar-refractivity contribution in [1.82, 2.24) is 10.6 Å². The number of carbonyl (C=O) groups excluding carboxylic acids is 2. The first kappa shape index (κ1) is 22.2. The van der Waals surface area contributed by atoms with E-state index in [4.69, 9.17) is 16.2 Å². The summed E-state index contributed by atoms with van der Waals surface area (Å²) in [5, 5.41) is 33.4. The molecule has 0 saturated carbocycles. The molecule has 5 atom stereocenters. The van der Waals surface area contributed by atoms with Crippen LogP contribution in [-0.4, -0.2) is 77.2 Å². The number of nitrogens with one attached hydrogen (secondary N) is 2. The highest BCUT2D eigenvalue weighted by atomic mass is 16.6. The number of aliphatic imine (C=N–C) groups is 1. The number of nitrogens with two attached hydrogens (primary N) is 2. The smallest absolute Gasteiger partial charge is 0.407 e. The number of aliphatic carboxylic acids is 1. The summed E-state index contributed by atoms with van der Waals surface area (Å²) < 4.78 is 5.11. The largest absolute Gasteiger partial charge is 0.478 e. The Bertz CT molecular complexity index is 632. The Morgan fingerprint density at radius 2 is 2.04 bits per heavy atom. The molecular weight excluding hydrogens is 362 g/mol. The molecule has 0 unspecified atom stereocenters. The predicted octanol–water partition coefficient (Wildman–Crippen LogP) is -2.76. The van der Waals surface area contributed by atoms with Gasteiger partial charge in [0.15, 0.2) is 12.1 Å². The van der Waals surface area contributed by atoms with E-state index in [-0.39, 0.29) is 18.0 Å². The van der Waals surface area contributed by atoms with Crippen LogP contribution in [0.3, 0.4) is 0 Å². The van der Waals surface area contributed by atoms with Crippen LogP contribution in [0.4, 0.5) is 4.79 Å². The summed E-state index contributed by atoms with van der Waals surface area (Å²) in [4.78, 5) is 38.7. The number of hydrogen-bond donors (Lipinski definition) is 7. The Balaban J connectivity index is 3.37. The first-order chi connectivity index (χ1) is 12.6. The number of carboxylic acids is 1. The van der Waals surface area contributed by atoms with Crippen molar-refractivity contribution in [3.63, 3.8) is 0 Å². The van der Waals surface area contributed by atoms with Gasteiger partial charge in [-0.1, -0.05) is 6.08 Å². The molecule has 0 radical (unpaired) electrons. The van der Waals surface area contributed by atoms with Crippen molar-refractivity contribution < 1.29 is 34.4 Å². The molecule has 1 aliphatic carbocycles. The molecule has 12 nitrogen and oxygen atoms in total. The number of nitrogens with zero attached hydrogens (tertiary/aromatic N) is 1. The third-order valence-electron chi connectivity index (χ3n) is 4.01. The average Bonchev–Trinajstić information content (AvgIpc) is 2.99. The fourth-order valence-electron chi connectivity index (χ4n) is 2.91. The normalized spacial score (nSPS) is 22.0. The number of alkyl carbamates (subject to hydrolysis) is 1. The highest BCUT2D eigenvalue weighted by Gasteiger charge is 2.43. The summed E-state index contributed by atoms with van der Waals surface area (Å²) in [5.41, 5.74) is 10.8. The van der Waals surface area contributed by atoms with Crippen molar-refractivity contribution in [2.24, 2.45) is 22.4 Å². The van der Waals surface area contributed by atoms with Crippen LogP contribution >= 0.6 is 0 Å². The zero-order chi connectivity index (χ0) is 20.7. The van der Waals surface area contributed by atoms with Crippen molar-refractivity contribution in [3.05, 3.63) is 11.6 Å². The molecule has 0 saturated heterocycles. The lowest BCUT2D eigenvalue weighted by Gasteiger charge is -2.35. The highest BCUT2D eigenvalue weighted by Crippen LogP contribution is 2.32. The van der Waals surface area contributed by atoms with Crippen LogP contribution in [0.25, 0.3) is 0 Å². The molecule has 27 heavy (non-hydrogen) atoms. The minimum absolute atomic E-state index is 0.00235. The van der Waals surface area contributed by atoms with Crippen LogP contribution < -0.4 is 22.1 Å². The molecule has 0 heterocycles. The minimum atomic E-state index is -1.55. The Hall–Kier alpha value is -2.86. The zero-order valence-electron chi connectivity index (χ0n) is 15.0. The number of carbonyl (C=O) groups is 3. The molecule has 152 valence electrons. The average molecular weight is 387 g/mol. The fourth-order valence-corrected chi connectivity index (χ4v) is 2.91. The van der Waals surface area contributed by atoms with Gasteiger partial charge in [-0.2, -0.15) is 0 Å². The molecule has 0 aromatic rings. The van der Waals surface area contributed by atoms with E-state index in [2.05, 4.69) is 15.6 Å². The van der Waals surface area contributed by atoms with E-state index in [0.29, 0.717) is 0 Å². The van der Waals surface area contributed by atoms with E-state index >= 15 is 0 Å². The monoisotopic (exact) mass is 387 g/mol. The standard InChI is InChI=1S/C15H25N5O7/c1-6(22)19-11(12(10(23)5-21)27-15(26)18-2)8-3-7(13(24)25)4-9(8)20-14(16)17/h3,8-12,21,23H,4-5H2,1-2H3,(H,18,26)(H,19,22)(H,24,25)(H4,16,17,20)/t8-,9-,10+,11+,12+/m1/s1. The van der Waals surface area contributed by atoms with Gasteiger partial charge in [-0.25, -0.2) is 14.6 Å². The van der Waals surface area contributed by atoms with Gasteiger partial charge in [-0.3, -0.25) is 4.79 Å². The maximum absolute atomic E-state index is 11.7. The van der Waals surface area contributed by atoms with Crippen LogP contribution in [0.2, 0.25) is 0 Å². The number of ether oxygens (including phenoxy) is 1. The number of guanidine groups is 1. The lowest BCUT2D eigenvalue weighted by atomic mass is 9.88. The quantitative estimate of drug-likeness (QED) is 0.170. The fraction of sp³-hybridized carbons (Fsp3) is 0.600. The van der Waals surface area contributed by atoms with E-state index in [0.717, 1.165) is 0 Å². The van der Waals surface area contributed by atoms with Gasteiger partial charge in [-0.05, 0) is 0 Å². The van der Waals surface area contributed by atoms with Gasteiger partial charge < -0.3 is 42.2 Å². The van der Waals surface area contributed by atoms with Crippen LogP contribution in [-0.2, 0) is 14.3 Å². The van der Waals surface area contributed by atoms with E-state index in [1.54, 1.807) is 0 Å². The molecule has 0 bridgehead atoms. The van der Waals surface area contributed by atoms with E-state index < -0.39 is 54.8 Å². The Labute approximate surface area is 155 Å². The molecule has 0 aliphatic heterocycles. The highest BCUT2D eigenvalue weighted by molar-refractivity contribution is 5.87. The molecule has 0 fully saturated rings. The summed E-state index contributed by atoms with van der Waals surface area (Å²) >= 11 is 0. The van der Waals surface area contributed by atoms with Crippen molar-refractivity contribution in [1.29, 1.82) is 0 Å². The van der Waals surface area contributed by atoms with Crippen molar-refractivity contribution in [3.8, 4) is 0 Å². The molecule has 2 amide bonds. The number of aliphatic hydroxyl groups excluding tert-OH is 2. The van der Waals surface area contributed by atoms with Gasteiger partial charge in [0.25, 0.3) is 0 Å². The maximum Gasteiger partial charge on any atom is 0.407 e. The third kappa shape index (κ3) is 6.11. The molecule has 0 spiro atoms. The van der Waals surface area contributed by atoms with Gasteiger partial charge in [-0.15, -0.1) is 0 Å². The topological polar surface area (TPSA) is 210 Å². The summed E-state index contributed by atoms with van der Waals surface area (Å²) in [6.45, 7) is 0.425. The molecule has 1 rings (SSSR count). The number of hydrogen-bond acceptors (Lipinski definition) is 7. The van der Waals surface area contributed by atoms with Crippen LogP contribution in [0, 0.1) is 5.92 Å². The van der Waals surface area contributed by atoms with Gasteiger partial charge in [0.1, 0.15) is 6.10 Å². The Morgan fingerprint density at radius 1 is 1.41 bits per heavy atom. The number of rotatable bonds is 8. The van der Waals surface area contributed by atoms with Crippen LogP contribution in [0.1, 0.15) is 13.3 Å². The summed E-state index contributed by atoms with van der Waals surface area (Å²) in [7, 11) is 1.29. The van der Waals surface area contributed by atoms with Crippen LogP contribution in [0.15, 0.2) is 16.6 Å². The van der Waals surface area contributed by atoms with Crippen molar-refractivity contribution >= 4 is 23.9 Å². The van der Waals surface area contributed by atoms with E-state index in [1.807, 2.05) is 0 Å². The van der Waals surface area contributed by atoms with Crippen molar-refractivity contribution in [2.75, 3.05) is 13.7 Å². The lowest BCUT2D eigenvalue weighted by Crippen LogP contribution is -2.56. The molecule has 12 heteroatoms. The van der Waals surface area contributed by atoms with Gasteiger partial charge in [0.2, 0.25) is 5.91 Å². The summed E-state index contributed by atoms with van der Waals surface area (Å²) in [6.07, 6.45) is -2.56. The molecule has 0 aromatic carbocycles. The first-order valence-corrected chi connectivity index (χ1v) is 8.07. The van der Waals surface area contributed by atoms with Gasteiger partial charge in [0, 0.05) is 31.9 Å². The number of aliphatic hydroxyl groups is 2. The lowest BCUT2D eigenvalue weighted by molar-refractivity contribution is -0.132. The molecular formula is C15H25N5O7. The summed E-state index contributed by atoms with van der Waals surface area (Å²) in [6, 6.07) is -1.88. The third-order valence-corrected chi connectivity index (χ3v) is 4.01. The van der Waals surface area contributed by atoms with Crippen LogP contribution in [0.5, 0.6) is 0 Å². The van der Waals surface area contributed by atoms with Crippen molar-refractivity contribution in [2.45, 2.75) is 37.6 Å². The molecule has 0 aromatic heterocycles. The van der Waals surface area contributed by atoms with Gasteiger partial charge >= 0.3 is 12.1 Å². The SMILES string of the molecule is CNC(=O)O[C@H]([C@@H](NC(C)=O)[C@@H]1C=C(C(=O)O)C[C@H]1N=C(N)N)[C@@H](O)CO. The second kappa shape index (κ2) is 9.73. The molecule has 1 aliphatic rings. The number of carboxylic acid groups (broad SMARTS) is 1. The Morgan fingerprint density at radius 3 is 2.48 bits per heavy atom. The van der Waals surface area contributed by atoms with E-state index in [9.17, 15) is 29.7 Å². The predicted molar refractivity (Wildman–Crippen MR) is 93.4 cm³/mol. The van der Waals surface area contributed by atoms with Gasteiger partial charge in [0.05, 0.1) is 18.7 Å². The second-order valence-corrected chi connectivity index (χ2v) is 6.00. The minimum Gasteiger partial charge on any atom is -0.478 e. The maximum atomic E-state index is 11.7. The second-order valence-electron chi connectivity index (χ2n) is 6.00. The summed E-state index contributed by atoms with van der Waals surface area (Å²) in [5.74, 6) is -2.84. The first-order valence-electron chi connectivity index (χ1n) is 8.07. The zero-order valence-corrected chi connectivity index (χ0v) is 15.0. The number of amides is 2.